The molecule has 15 heavy (non-hydrogen) atoms. The summed E-state index contributed by atoms with van der Waals surface area (Å²) in [5, 5.41) is 13.8. The van der Waals surface area contributed by atoms with Gasteiger partial charge in [-0.05, 0) is 36.9 Å². The molecule has 1 aromatic carbocycles. The van der Waals surface area contributed by atoms with Crippen LogP contribution < -0.4 is 5.32 Å². The molecule has 0 aliphatic heterocycles. The van der Waals surface area contributed by atoms with Crippen LogP contribution in [0.1, 0.15) is 23.5 Å². The highest BCUT2D eigenvalue weighted by molar-refractivity contribution is 5.44. The summed E-state index contributed by atoms with van der Waals surface area (Å²) in [6, 6.07) is 5.22. The van der Waals surface area contributed by atoms with Crippen molar-refractivity contribution in [1.82, 2.24) is 5.32 Å². The molecule has 1 aromatic rings. The van der Waals surface area contributed by atoms with Crippen molar-refractivity contribution in [3.8, 4) is 0 Å². The van der Waals surface area contributed by atoms with Gasteiger partial charge in [-0.25, -0.2) is 0 Å². The number of nitrogens with zero attached hydrogens (tertiary/aromatic N) is 1. The van der Waals surface area contributed by atoms with E-state index >= 15 is 0 Å². The number of nitrogens with one attached hydrogen (secondary N) is 1. The lowest BCUT2D eigenvalue weighted by Gasteiger charge is -2.09. The van der Waals surface area contributed by atoms with E-state index in [2.05, 4.69) is 5.32 Å². The molecule has 1 unspecified atom stereocenters. The molecule has 2 rings (SSSR count). The molecule has 1 aliphatic rings. The maximum absolute atomic E-state index is 10.7. The van der Waals surface area contributed by atoms with Crippen LogP contribution in [0.2, 0.25) is 0 Å². The Bertz CT molecular complexity index is 388. The lowest BCUT2D eigenvalue weighted by molar-refractivity contribution is -0.384. The van der Waals surface area contributed by atoms with Gasteiger partial charge in [0.15, 0.2) is 0 Å². The number of rotatable bonds is 3. The van der Waals surface area contributed by atoms with E-state index < -0.39 is 0 Å². The maximum atomic E-state index is 10.7. The average molecular weight is 206 g/mol. The Morgan fingerprint density at radius 3 is 3.07 bits per heavy atom. The summed E-state index contributed by atoms with van der Waals surface area (Å²) >= 11 is 0. The molecule has 0 saturated carbocycles. The summed E-state index contributed by atoms with van der Waals surface area (Å²) in [5.74, 6) is 0.435. The van der Waals surface area contributed by atoms with Gasteiger partial charge in [-0.15, -0.1) is 0 Å². The Hall–Kier alpha value is -1.42. The summed E-state index contributed by atoms with van der Waals surface area (Å²) in [6.07, 6.45) is 2.14. The standard InChI is InChI=1S/C11H14N2O2/c1-12-7-9-3-2-8-4-5-10(13(14)15)6-11(8)9/h4-6,9,12H,2-3,7H2,1H3. The highest BCUT2D eigenvalue weighted by atomic mass is 16.6. The van der Waals surface area contributed by atoms with Crippen molar-refractivity contribution >= 4 is 5.69 Å². The number of non-ortho nitro benzene ring substituents is 1. The first-order valence-electron chi connectivity index (χ1n) is 5.14. The molecule has 0 amide bonds. The van der Waals surface area contributed by atoms with E-state index in [9.17, 15) is 10.1 Å². The van der Waals surface area contributed by atoms with Crippen LogP contribution in [0.15, 0.2) is 18.2 Å². The maximum Gasteiger partial charge on any atom is 0.269 e. The molecule has 1 aliphatic carbocycles. The van der Waals surface area contributed by atoms with Crippen LogP contribution in [0.5, 0.6) is 0 Å². The predicted molar refractivity (Wildman–Crippen MR) is 58.1 cm³/mol. The highest BCUT2D eigenvalue weighted by Crippen LogP contribution is 2.34. The number of nitro groups is 1. The van der Waals surface area contributed by atoms with E-state index in [-0.39, 0.29) is 10.6 Å². The van der Waals surface area contributed by atoms with E-state index in [0.717, 1.165) is 24.9 Å². The Labute approximate surface area is 88.5 Å². The fourth-order valence-corrected chi connectivity index (χ4v) is 2.25. The summed E-state index contributed by atoms with van der Waals surface area (Å²) in [5.41, 5.74) is 2.62. The van der Waals surface area contributed by atoms with Crippen molar-refractivity contribution in [2.45, 2.75) is 18.8 Å². The fraction of sp³-hybridized carbons (Fsp3) is 0.455. The summed E-state index contributed by atoms with van der Waals surface area (Å²) in [6.45, 7) is 0.897. The van der Waals surface area contributed by atoms with Crippen LogP contribution in [-0.2, 0) is 6.42 Å². The molecular weight excluding hydrogens is 192 g/mol. The van der Waals surface area contributed by atoms with Crippen LogP contribution in [0.3, 0.4) is 0 Å². The lowest BCUT2D eigenvalue weighted by atomic mass is 10.0. The fourth-order valence-electron chi connectivity index (χ4n) is 2.25. The third-order valence-corrected chi connectivity index (χ3v) is 2.99. The van der Waals surface area contributed by atoms with Gasteiger partial charge in [-0.2, -0.15) is 0 Å². The second-order valence-corrected chi connectivity index (χ2v) is 3.93. The number of hydrogen-bond donors (Lipinski definition) is 1. The third kappa shape index (κ3) is 1.85. The molecular formula is C11H14N2O2. The number of likely N-dealkylation sites (N-methyl/N-ethyl adjacent to an activating group) is 1. The van der Waals surface area contributed by atoms with E-state index in [1.54, 1.807) is 12.1 Å². The van der Waals surface area contributed by atoms with E-state index in [0.29, 0.717) is 5.92 Å². The molecule has 0 aromatic heterocycles. The summed E-state index contributed by atoms with van der Waals surface area (Å²) in [4.78, 5) is 10.3. The smallest absolute Gasteiger partial charge is 0.269 e. The summed E-state index contributed by atoms with van der Waals surface area (Å²) < 4.78 is 0. The Morgan fingerprint density at radius 1 is 1.60 bits per heavy atom. The van der Waals surface area contributed by atoms with Gasteiger partial charge in [0.25, 0.3) is 5.69 Å². The largest absolute Gasteiger partial charge is 0.319 e. The van der Waals surface area contributed by atoms with Crippen LogP contribution in [0, 0.1) is 10.1 Å². The Morgan fingerprint density at radius 2 is 2.40 bits per heavy atom. The average Bonchev–Trinajstić information content (AvgIpc) is 2.61. The number of aryl methyl sites for hydroxylation is 1. The second-order valence-electron chi connectivity index (χ2n) is 3.93. The third-order valence-electron chi connectivity index (χ3n) is 2.99. The zero-order chi connectivity index (χ0) is 10.8. The lowest BCUT2D eigenvalue weighted by Crippen LogP contribution is -2.15. The van der Waals surface area contributed by atoms with Gasteiger partial charge in [0, 0.05) is 18.7 Å². The van der Waals surface area contributed by atoms with Crippen molar-refractivity contribution in [2.75, 3.05) is 13.6 Å². The first-order valence-corrected chi connectivity index (χ1v) is 5.14. The molecule has 4 heteroatoms. The molecule has 4 nitrogen and oxygen atoms in total. The predicted octanol–water partition coefficient (Wildman–Crippen LogP) is 1.84. The van der Waals surface area contributed by atoms with Crippen molar-refractivity contribution in [3.63, 3.8) is 0 Å². The normalized spacial score (nSPS) is 18.9. The number of fused-ring (bicyclic) bond motifs is 1. The van der Waals surface area contributed by atoms with E-state index in [4.69, 9.17) is 0 Å². The molecule has 0 bridgehead atoms. The van der Waals surface area contributed by atoms with Crippen LogP contribution in [0.4, 0.5) is 5.69 Å². The zero-order valence-electron chi connectivity index (χ0n) is 8.69. The monoisotopic (exact) mass is 206 g/mol. The second kappa shape index (κ2) is 3.98. The quantitative estimate of drug-likeness (QED) is 0.606. The molecule has 0 heterocycles. The number of hydrogen-bond acceptors (Lipinski definition) is 3. The highest BCUT2D eigenvalue weighted by Gasteiger charge is 2.23. The van der Waals surface area contributed by atoms with Gasteiger partial charge in [0.2, 0.25) is 0 Å². The zero-order valence-corrected chi connectivity index (χ0v) is 8.69. The molecule has 0 spiro atoms. The number of benzene rings is 1. The first kappa shape index (κ1) is 10.1. The molecule has 80 valence electrons. The Kier molecular flexibility index (Phi) is 2.68. The van der Waals surface area contributed by atoms with Crippen molar-refractivity contribution < 1.29 is 4.92 Å². The SMILES string of the molecule is CNCC1CCc2ccc([N+](=O)[O-])cc21. The number of nitro benzene ring substituents is 1. The van der Waals surface area contributed by atoms with Crippen molar-refractivity contribution in [1.29, 1.82) is 0 Å². The van der Waals surface area contributed by atoms with Gasteiger partial charge in [-0.3, -0.25) is 10.1 Å². The topological polar surface area (TPSA) is 55.2 Å². The molecule has 1 N–H and O–H groups in total. The van der Waals surface area contributed by atoms with Crippen molar-refractivity contribution in [2.24, 2.45) is 0 Å². The van der Waals surface area contributed by atoms with Gasteiger partial charge in [-0.1, -0.05) is 6.07 Å². The van der Waals surface area contributed by atoms with Crippen LogP contribution in [0.25, 0.3) is 0 Å². The molecule has 0 saturated heterocycles. The van der Waals surface area contributed by atoms with Gasteiger partial charge in [0.05, 0.1) is 4.92 Å². The van der Waals surface area contributed by atoms with E-state index in [1.165, 1.54) is 5.56 Å². The Balaban J connectivity index is 2.33. The first-order chi connectivity index (χ1) is 7.22. The van der Waals surface area contributed by atoms with Crippen LogP contribution in [-0.4, -0.2) is 18.5 Å². The molecule has 0 radical (unpaired) electrons. The minimum Gasteiger partial charge on any atom is -0.319 e. The molecule has 0 fully saturated rings. The van der Waals surface area contributed by atoms with Gasteiger partial charge in [0.1, 0.15) is 0 Å². The minimum atomic E-state index is -0.324. The van der Waals surface area contributed by atoms with Gasteiger partial charge >= 0.3 is 0 Å². The molecule has 1 atom stereocenters. The minimum absolute atomic E-state index is 0.205. The van der Waals surface area contributed by atoms with Crippen molar-refractivity contribution in [3.05, 3.63) is 39.4 Å². The van der Waals surface area contributed by atoms with Crippen LogP contribution >= 0.6 is 0 Å². The van der Waals surface area contributed by atoms with Gasteiger partial charge < -0.3 is 5.32 Å². The van der Waals surface area contributed by atoms with E-state index in [1.807, 2.05) is 13.1 Å². The summed E-state index contributed by atoms with van der Waals surface area (Å²) in [7, 11) is 1.91.